The predicted octanol–water partition coefficient (Wildman–Crippen LogP) is 4.54. The van der Waals surface area contributed by atoms with Gasteiger partial charge in [-0.2, -0.15) is 0 Å². The maximum atomic E-state index is 12.6. The fourth-order valence-electron chi connectivity index (χ4n) is 3.31. The average molecular weight is 420 g/mol. The Morgan fingerprint density at radius 3 is 2.67 bits per heavy atom. The van der Waals surface area contributed by atoms with Crippen molar-refractivity contribution in [3.05, 3.63) is 87.6 Å². The number of aromatic amines is 1. The molecule has 2 aromatic carbocycles. The maximum Gasteiger partial charge on any atom is 0.258 e. The number of hydrogen-bond acceptors (Lipinski definition) is 4. The molecule has 30 heavy (non-hydrogen) atoms. The van der Waals surface area contributed by atoms with Crippen molar-refractivity contribution in [3.63, 3.8) is 0 Å². The lowest BCUT2D eigenvalue weighted by Crippen LogP contribution is -2.16. The molecule has 1 aliphatic carbocycles. The van der Waals surface area contributed by atoms with Crippen LogP contribution in [-0.2, 0) is 6.61 Å². The Morgan fingerprint density at radius 2 is 1.93 bits per heavy atom. The average Bonchev–Trinajstić information content (AvgIpc) is 3.51. The molecule has 2 aromatic heterocycles. The second kappa shape index (κ2) is 7.46. The van der Waals surface area contributed by atoms with Gasteiger partial charge in [-0.3, -0.25) is 14.2 Å². The van der Waals surface area contributed by atoms with Crippen LogP contribution in [0.2, 0.25) is 5.02 Å². The first-order valence-corrected chi connectivity index (χ1v) is 10.1. The van der Waals surface area contributed by atoms with E-state index in [4.69, 9.17) is 16.3 Å². The molecule has 0 unspecified atom stereocenters. The summed E-state index contributed by atoms with van der Waals surface area (Å²) in [6, 6.07) is 16.0. The fourth-order valence-corrected chi connectivity index (χ4v) is 3.44. The topological polar surface area (TPSA) is 77.0 Å². The molecule has 4 aromatic rings. The van der Waals surface area contributed by atoms with E-state index in [0.29, 0.717) is 34.4 Å². The molecule has 5 rings (SSSR count). The summed E-state index contributed by atoms with van der Waals surface area (Å²) >= 11 is 5.89. The highest BCUT2D eigenvalue weighted by atomic mass is 35.5. The minimum Gasteiger partial charge on any atom is -0.489 e. The van der Waals surface area contributed by atoms with E-state index in [9.17, 15) is 9.59 Å². The number of carbonyl (C=O) groups excluding carboxylic acids is 1. The van der Waals surface area contributed by atoms with Crippen LogP contribution in [0.25, 0.3) is 16.7 Å². The number of hydrogen-bond donors (Lipinski definition) is 1. The molecule has 6 nitrogen and oxygen atoms in total. The van der Waals surface area contributed by atoms with E-state index < -0.39 is 0 Å². The number of benzene rings is 2. The van der Waals surface area contributed by atoms with Crippen LogP contribution in [0.3, 0.4) is 0 Å². The molecule has 0 saturated heterocycles. The molecule has 1 N–H and O–H groups in total. The number of pyridine rings is 1. The minimum absolute atomic E-state index is 0.0621. The van der Waals surface area contributed by atoms with Crippen molar-refractivity contribution >= 4 is 28.4 Å². The van der Waals surface area contributed by atoms with Gasteiger partial charge in [0.25, 0.3) is 5.56 Å². The number of ether oxygens (including phenoxy) is 1. The van der Waals surface area contributed by atoms with Gasteiger partial charge in [0.15, 0.2) is 5.82 Å². The number of rotatable bonds is 6. The van der Waals surface area contributed by atoms with Crippen LogP contribution in [0.5, 0.6) is 5.75 Å². The molecular weight excluding hydrogens is 402 g/mol. The van der Waals surface area contributed by atoms with Gasteiger partial charge in [-0.25, -0.2) is 4.98 Å². The number of H-pyrrole nitrogens is 1. The molecule has 1 fully saturated rings. The maximum absolute atomic E-state index is 12.6. The summed E-state index contributed by atoms with van der Waals surface area (Å²) in [5.41, 5.74) is 2.87. The summed E-state index contributed by atoms with van der Waals surface area (Å²) < 4.78 is 7.25. The first-order valence-electron chi connectivity index (χ1n) is 9.71. The molecule has 0 spiro atoms. The van der Waals surface area contributed by atoms with Crippen LogP contribution < -0.4 is 10.3 Å². The lowest BCUT2D eigenvalue weighted by molar-refractivity contribution is 0.0958. The first kappa shape index (κ1) is 18.6. The van der Waals surface area contributed by atoms with Crippen molar-refractivity contribution < 1.29 is 9.53 Å². The monoisotopic (exact) mass is 419 g/mol. The molecule has 150 valence electrons. The number of Topliss-reactive ketones (excluding diaryl/α,β-unsaturated/α-hetero) is 1. The normalized spacial score (nSPS) is 13.5. The molecule has 0 bridgehead atoms. The summed E-state index contributed by atoms with van der Waals surface area (Å²) in [4.78, 5) is 32.3. The van der Waals surface area contributed by atoms with Crippen LogP contribution >= 0.6 is 11.6 Å². The largest absolute Gasteiger partial charge is 0.489 e. The summed E-state index contributed by atoms with van der Waals surface area (Å²) in [5.74, 6) is 1.05. The highest BCUT2D eigenvalue weighted by Crippen LogP contribution is 2.32. The van der Waals surface area contributed by atoms with Crippen LogP contribution in [-0.4, -0.2) is 20.3 Å². The zero-order valence-electron chi connectivity index (χ0n) is 16.0. The standard InChI is InChI=1S/C23H18ClN3O3/c24-16-5-1-14(2-6-16)13-30-18-9-10-27(21(28)12-18)17-7-8-19-20(11-17)26-23(25-19)22(29)15-3-4-15/h1-2,5-12,15H,3-4,13H2,(H,25,26). The van der Waals surface area contributed by atoms with E-state index in [-0.39, 0.29) is 17.3 Å². The predicted molar refractivity (Wildman–Crippen MR) is 115 cm³/mol. The summed E-state index contributed by atoms with van der Waals surface area (Å²) in [6.45, 7) is 0.346. The van der Waals surface area contributed by atoms with E-state index in [2.05, 4.69) is 9.97 Å². The SMILES string of the molecule is O=C(c1nc2ccc(-n3ccc(OCc4ccc(Cl)cc4)cc3=O)cc2[nH]1)C1CC1. The van der Waals surface area contributed by atoms with Gasteiger partial charge in [0.2, 0.25) is 5.78 Å². The summed E-state index contributed by atoms with van der Waals surface area (Å²) in [7, 11) is 0. The zero-order chi connectivity index (χ0) is 20.7. The molecule has 0 atom stereocenters. The quantitative estimate of drug-likeness (QED) is 0.465. The molecule has 0 amide bonds. The molecule has 1 aliphatic rings. The van der Waals surface area contributed by atoms with Gasteiger partial charge >= 0.3 is 0 Å². The van der Waals surface area contributed by atoms with Gasteiger partial charge in [-0.05, 0) is 54.8 Å². The lowest BCUT2D eigenvalue weighted by Gasteiger charge is -2.09. The number of nitrogens with one attached hydrogen (secondary N) is 1. The van der Waals surface area contributed by atoms with Crippen LogP contribution in [0, 0.1) is 5.92 Å². The van der Waals surface area contributed by atoms with Gasteiger partial charge in [0, 0.05) is 23.2 Å². The Labute approximate surface area is 177 Å². The third-order valence-corrected chi connectivity index (χ3v) is 5.39. The summed E-state index contributed by atoms with van der Waals surface area (Å²) in [5, 5.41) is 0.666. The third kappa shape index (κ3) is 3.74. The lowest BCUT2D eigenvalue weighted by atomic mass is 10.2. The van der Waals surface area contributed by atoms with Crippen molar-refractivity contribution in [2.75, 3.05) is 0 Å². The van der Waals surface area contributed by atoms with Crippen molar-refractivity contribution in [2.45, 2.75) is 19.4 Å². The molecular formula is C23H18ClN3O3. The molecule has 1 saturated carbocycles. The molecule has 2 heterocycles. The van der Waals surface area contributed by atoms with Crippen molar-refractivity contribution in [1.29, 1.82) is 0 Å². The second-order valence-electron chi connectivity index (χ2n) is 7.41. The number of fused-ring (bicyclic) bond motifs is 1. The van der Waals surface area contributed by atoms with Gasteiger partial charge < -0.3 is 9.72 Å². The van der Waals surface area contributed by atoms with Gasteiger partial charge in [-0.1, -0.05) is 23.7 Å². The highest BCUT2D eigenvalue weighted by Gasteiger charge is 2.32. The van der Waals surface area contributed by atoms with Crippen molar-refractivity contribution in [1.82, 2.24) is 14.5 Å². The van der Waals surface area contributed by atoms with Crippen molar-refractivity contribution in [2.24, 2.45) is 5.92 Å². The van der Waals surface area contributed by atoms with Crippen LogP contribution in [0.1, 0.15) is 29.0 Å². The zero-order valence-corrected chi connectivity index (χ0v) is 16.7. The van der Waals surface area contributed by atoms with E-state index in [1.54, 1.807) is 24.4 Å². The Morgan fingerprint density at radius 1 is 1.13 bits per heavy atom. The van der Waals surface area contributed by atoms with Gasteiger partial charge in [-0.15, -0.1) is 0 Å². The van der Waals surface area contributed by atoms with E-state index in [1.807, 2.05) is 30.3 Å². The smallest absolute Gasteiger partial charge is 0.258 e. The van der Waals surface area contributed by atoms with Crippen LogP contribution in [0.15, 0.2) is 65.6 Å². The molecule has 7 heteroatoms. The van der Waals surface area contributed by atoms with E-state index in [1.165, 1.54) is 10.6 Å². The Hall–Kier alpha value is -3.38. The highest BCUT2D eigenvalue weighted by molar-refractivity contribution is 6.30. The molecule has 0 radical (unpaired) electrons. The van der Waals surface area contributed by atoms with Gasteiger partial charge in [0.05, 0.1) is 16.7 Å². The Bertz CT molecular complexity index is 1300. The number of ketones is 1. The van der Waals surface area contributed by atoms with Gasteiger partial charge in [0.1, 0.15) is 12.4 Å². The Kier molecular flexibility index (Phi) is 4.64. The number of imidazole rings is 1. The summed E-state index contributed by atoms with van der Waals surface area (Å²) in [6.07, 6.45) is 3.54. The first-order chi connectivity index (χ1) is 14.6. The molecule has 0 aliphatic heterocycles. The van der Waals surface area contributed by atoms with Crippen molar-refractivity contribution in [3.8, 4) is 11.4 Å². The van der Waals surface area contributed by atoms with Crippen LogP contribution in [0.4, 0.5) is 0 Å². The van der Waals surface area contributed by atoms with E-state index >= 15 is 0 Å². The van der Waals surface area contributed by atoms with E-state index in [0.717, 1.165) is 23.9 Å². The second-order valence-corrected chi connectivity index (χ2v) is 7.85. The Balaban J connectivity index is 1.37. The number of nitrogens with zero attached hydrogens (tertiary/aromatic N) is 2. The number of aromatic nitrogens is 3. The third-order valence-electron chi connectivity index (χ3n) is 5.13. The number of carbonyl (C=O) groups is 1. The fraction of sp³-hybridized carbons (Fsp3) is 0.174. The number of halogens is 1. The minimum atomic E-state index is -0.211.